The Hall–Kier alpha value is -2.28. The minimum Gasteiger partial charge on any atom is -0.480 e. The third-order valence-corrected chi connectivity index (χ3v) is 5.25. The standard InChI is InChI=1S/C18H32N6O6/c19-10(16(27)28)4-1-2-7-24-9-14(26)13(25)8-12-15(24)23-18(22-12)21-6-3-5-11(20)17(29)30/h10-14,25-26H,1-9,19-20H2,(H,21,22)(H,27,28)(H,29,30)/t10?,11?,12-,13+,14-/m1/s1/i9+1. The van der Waals surface area contributed by atoms with Gasteiger partial charge in [-0.25, -0.2) is 0 Å². The molecule has 5 atom stereocenters. The third-order valence-electron chi connectivity index (χ3n) is 5.25. The number of hydrogen-bond donors (Lipinski definition) is 7. The van der Waals surface area contributed by atoms with E-state index in [1.165, 1.54) is 0 Å². The highest BCUT2D eigenvalue weighted by Crippen LogP contribution is 2.19. The van der Waals surface area contributed by atoms with E-state index >= 15 is 0 Å². The lowest BCUT2D eigenvalue weighted by Gasteiger charge is -2.26. The van der Waals surface area contributed by atoms with Crippen LogP contribution in [-0.4, -0.2) is 99.0 Å². The van der Waals surface area contributed by atoms with Crippen molar-refractivity contribution < 1.29 is 30.0 Å². The number of guanidine groups is 1. The zero-order valence-electron chi connectivity index (χ0n) is 16.9. The fourth-order valence-corrected chi connectivity index (χ4v) is 3.43. The van der Waals surface area contributed by atoms with Gasteiger partial charge >= 0.3 is 11.9 Å². The summed E-state index contributed by atoms with van der Waals surface area (Å²) in [6, 6.07) is -2.10. The minimum absolute atomic E-state index is 0.212. The molecular formula is C18H32N6O6. The number of hydrogen-bond acceptors (Lipinski definition) is 8. The van der Waals surface area contributed by atoms with Crippen LogP contribution in [0.15, 0.2) is 9.98 Å². The van der Waals surface area contributed by atoms with Gasteiger partial charge in [-0.15, -0.1) is 0 Å². The van der Waals surface area contributed by atoms with Crippen molar-refractivity contribution in [3.8, 4) is 0 Å². The molecule has 30 heavy (non-hydrogen) atoms. The molecule has 2 unspecified atom stereocenters. The molecule has 1 saturated heterocycles. The summed E-state index contributed by atoms with van der Waals surface area (Å²) in [5.74, 6) is -0.996. The molecule has 0 aromatic heterocycles. The van der Waals surface area contributed by atoms with Crippen molar-refractivity contribution in [1.29, 1.82) is 0 Å². The Bertz CT molecular complexity index is 672. The molecule has 0 saturated carbocycles. The van der Waals surface area contributed by atoms with Crippen molar-refractivity contribution in [3.63, 3.8) is 0 Å². The molecular weight excluding hydrogens is 397 g/mol. The molecule has 0 aliphatic carbocycles. The van der Waals surface area contributed by atoms with Crippen LogP contribution in [0.25, 0.3) is 0 Å². The predicted octanol–water partition coefficient (Wildman–Crippen LogP) is -2.09. The fourth-order valence-electron chi connectivity index (χ4n) is 3.43. The van der Waals surface area contributed by atoms with E-state index in [0.717, 1.165) is 0 Å². The van der Waals surface area contributed by atoms with Crippen LogP contribution in [0, 0.1) is 0 Å². The minimum atomic E-state index is -1.04. The Morgan fingerprint density at radius 3 is 2.37 bits per heavy atom. The maximum atomic E-state index is 10.8. The number of unbranched alkanes of at least 4 members (excludes halogenated alkanes) is 1. The number of β-amino-alcohol motifs (C(OH)–C–C–N with tert-alkyl or cyclic N) is 1. The van der Waals surface area contributed by atoms with Gasteiger partial charge in [-0.2, -0.15) is 4.99 Å². The van der Waals surface area contributed by atoms with Crippen molar-refractivity contribution in [3.05, 3.63) is 0 Å². The molecule has 0 bridgehead atoms. The van der Waals surface area contributed by atoms with E-state index in [2.05, 4.69) is 15.3 Å². The van der Waals surface area contributed by atoms with Crippen molar-refractivity contribution >= 4 is 23.7 Å². The lowest BCUT2D eigenvalue weighted by atomic mass is 10.1. The van der Waals surface area contributed by atoms with Crippen LogP contribution >= 0.6 is 0 Å². The molecule has 2 rings (SSSR count). The van der Waals surface area contributed by atoms with Crippen LogP contribution in [0.3, 0.4) is 0 Å². The molecule has 2 heterocycles. The van der Waals surface area contributed by atoms with Gasteiger partial charge in [-0.05, 0) is 32.1 Å². The average molecular weight is 429 g/mol. The number of fused-ring (bicyclic) bond motifs is 1. The van der Waals surface area contributed by atoms with Gasteiger partial charge in [0.2, 0.25) is 5.96 Å². The first-order valence-electron chi connectivity index (χ1n) is 10.2. The normalized spacial score (nSPS) is 27.1. The first kappa shape index (κ1) is 24.0. The molecule has 0 amide bonds. The van der Waals surface area contributed by atoms with Gasteiger partial charge in [0.25, 0.3) is 0 Å². The Morgan fingerprint density at radius 1 is 1.10 bits per heavy atom. The highest BCUT2D eigenvalue weighted by Gasteiger charge is 2.37. The lowest BCUT2D eigenvalue weighted by molar-refractivity contribution is -0.139. The maximum absolute atomic E-state index is 10.8. The number of rotatable bonds is 11. The Kier molecular flexibility index (Phi) is 8.96. The number of carboxylic acid groups (broad SMARTS) is 2. The van der Waals surface area contributed by atoms with E-state index in [4.69, 9.17) is 21.7 Å². The number of aliphatic carboxylic acids is 2. The van der Waals surface area contributed by atoms with Gasteiger partial charge in [0.05, 0.1) is 18.2 Å². The second-order valence-electron chi connectivity index (χ2n) is 7.72. The summed E-state index contributed by atoms with van der Waals surface area (Å²) in [7, 11) is 0. The van der Waals surface area contributed by atoms with Gasteiger partial charge in [0, 0.05) is 26.1 Å². The summed E-state index contributed by atoms with van der Waals surface area (Å²) in [5.41, 5.74) is 11.0. The largest absolute Gasteiger partial charge is 0.480 e. The number of carbonyl (C=O) groups is 2. The first-order chi connectivity index (χ1) is 14.2. The number of aliphatic hydroxyl groups is 2. The summed E-state index contributed by atoms with van der Waals surface area (Å²) in [4.78, 5) is 32.3. The van der Waals surface area contributed by atoms with Gasteiger partial charge in [0.15, 0.2) is 0 Å². The van der Waals surface area contributed by atoms with Crippen LogP contribution in [0.2, 0.25) is 0 Å². The van der Waals surface area contributed by atoms with E-state index < -0.39 is 36.2 Å². The van der Waals surface area contributed by atoms with Crippen molar-refractivity contribution in [2.24, 2.45) is 21.5 Å². The van der Waals surface area contributed by atoms with E-state index in [9.17, 15) is 19.8 Å². The summed E-state index contributed by atoms with van der Waals surface area (Å²) < 4.78 is 0. The Labute approximate surface area is 174 Å². The monoisotopic (exact) mass is 429 g/mol. The summed E-state index contributed by atoms with van der Waals surface area (Å²) in [6.45, 7) is 1.11. The predicted molar refractivity (Wildman–Crippen MR) is 109 cm³/mol. The molecule has 9 N–H and O–H groups in total. The van der Waals surface area contributed by atoms with E-state index in [-0.39, 0.29) is 19.0 Å². The fraction of sp³-hybridized carbons (Fsp3) is 0.778. The maximum Gasteiger partial charge on any atom is 0.320 e. The van der Waals surface area contributed by atoms with Crippen LogP contribution in [0.4, 0.5) is 0 Å². The van der Waals surface area contributed by atoms with Gasteiger partial charge in [-0.3, -0.25) is 14.6 Å². The van der Waals surface area contributed by atoms with Gasteiger partial charge in [0.1, 0.15) is 17.9 Å². The second-order valence-corrected chi connectivity index (χ2v) is 7.72. The Morgan fingerprint density at radius 2 is 1.73 bits per heavy atom. The van der Waals surface area contributed by atoms with Gasteiger partial charge in [-0.1, -0.05) is 0 Å². The molecule has 2 aliphatic rings. The molecule has 12 heteroatoms. The molecule has 2 aliphatic heterocycles. The van der Waals surface area contributed by atoms with E-state index in [1.54, 1.807) is 0 Å². The summed E-state index contributed by atoms with van der Waals surface area (Å²) in [6.07, 6.45) is 0.889. The lowest BCUT2D eigenvalue weighted by Crippen LogP contribution is -2.42. The molecule has 0 spiro atoms. The summed E-state index contributed by atoms with van der Waals surface area (Å²) >= 11 is 0. The molecule has 170 valence electrons. The van der Waals surface area contributed by atoms with Crippen LogP contribution in [-0.2, 0) is 9.59 Å². The summed E-state index contributed by atoms with van der Waals surface area (Å²) in [5, 5.41) is 41.1. The number of aliphatic imine (C=N–C) groups is 2. The number of nitrogens with zero attached hydrogens (tertiary/aromatic N) is 3. The quantitative estimate of drug-likeness (QED) is 0.141. The molecule has 0 aromatic carbocycles. The number of aliphatic hydroxyl groups excluding tert-OH is 2. The van der Waals surface area contributed by atoms with Crippen molar-refractivity contribution in [2.75, 3.05) is 19.6 Å². The van der Waals surface area contributed by atoms with Crippen LogP contribution in [0.5, 0.6) is 0 Å². The van der Waals surface area contributed by atoms with Crippen LogP contribution < -0.4 is 16.8 Å². The van der Waals surface area contributed by atoms with Gasteiger partial charge < -0.3 is 42.1 Å². The van der Waals surface area contributed by atoms with E-state index in [1.807, 2.05) is 4.90 Å². The van der Waals surface area contributed by atoms with Crippen molar-refractivity contribution in [1.82, 2.24) is 10.2 Å². The smallest absolute Gasteiger partial charge is 0.320 e. The Balaban J connectivity index is 1.95. The van der Waals surface area contributed by atoms with E-state index in [0.29, 0.717) is 57.0 Å². The molecule has 12 nitrogen and oxygen atoms in total. The number of likely N-dealkylation sites (tertiary alicyclic amines) is 1. The number of amidine groups is 1. The molecule has 0 aromatic rings. The molecule has 0 radical (unpaired) electrons. The number of nitrogens with one attached hydrogen (secondary N) is 1. The number of carboxylic acids is 2. The third kappa shape index (κ3) is 6.90. The number of nitrogens with two attached hydrogens (primary N) is 2. The SMILES string of the molecule is NC(CCCCN1[13CH2][C@@H](O)[C@@H](O)C[C@H]2NC(=NCCCC(N)C(=O)O)N=C21)C(=O)O. The zero-order chi connectivity index (χ0) is 22.3. The first-order valence-corrected chi connectivity index (χ1v) is 10.2. The van der Waals surface area contributed by atoms with Crippen molar-refractivity contribution in [2.45, 2.75) is 68.9 Å². The average Bonchev–Trinajstić information content (AvgIpc) is 3.04. The highest BCUT2D eigenvalue weighted by molar-refractivity contribution is 6.05. The topological polar surface area (TPSA) is 207 Å². The zero-order valence-corrected chi connectivity index (χ0v) is 16.9. The van der Waals surface area contributed by atoms with Crippen LogP contribution in [0.1, 0.15) is 38.5 Å². The molecule has 1 fully saturated rings. The highest BCUT2D eigenvalue weighted by atomic mass is 16.4. The second kappa shape index (κ2) is 11.2.